The van der Waals surface area contributed by atoms with Gasteiger partial charge in [-0.2, -0.15) is 4.98 Å². The average molecular weight is 725 g/mol. The number of hydrogen-bond acceptors (Lipinski definition) is 9. The summed E-state index contributed by atoms with van der Waals surface area (Å²) in [4.78, 5) is 73.1. The van der Waals surface area contributed by atoms with Gasteiger partial charge in [0, 0.05) is 51.5 Å². The highest BCUT2D eigenvalue weighted by Gasteiger charge is 2.37. The molecule has 1 unspecified atom stereocenters. The molecule has 15 nitrogen and oxygen atoms in total. The fraction of sp³-hybridized carbons (Fsp3) is 0.622. The summed E-state index contributed by atoms with van der Waals surface area (Å²) in [5, 5.41) is 8.33. The van der Waals surface area contributed by atoms with Crippen LogP contribution in [0.15, 0.2) is 41.3 Å². The lowest BCUT2D eigenvalue weighted by atomic mass is 10.0. The first-order valence-electron chi connectivity index (χ1n) is 18.1. The highest BCUT2D eigenvalue weighted by molar-refractivity contribution is 5.90. The maximum atomic E-state index is 13.1. The van der Waals surface area contributed by atoms with Crippen molar-refractivity contribution in [3.63, 3.8) is 0 Å². The number of benzene rings is 1. The van der Waals surface area contributed by atoms with Crippen molar-refractivity contribution in [3.8, 4) is 5.69 Å². The Hall–Kier alpha value is -4.66. The van der Waals surface area contributed by atoms with Gasteiger partial charge in [-0.05, 0) is 111 Å². The van der Waals surface area contributed by atoms with Crippen LogP contribution in [0.3, 0.4) is 0 Å². The van der Waals surface area contributed by atoms with E-state index in [4.69, 9.17) is 9.47 Å². The van der Waals surface area contributed by atoms with E-state index in [0.717, 1.165) is 50.9 Å². The Morgan fingerprint density at radius 2 is 1.40 bits per heavy atom. The molecule has 0 bridgehead atoms. The number of carbonyl (C=O) groups is 4. The van der Waals surface area contributed by atoms with Gasteiger partial charge in [0.1, 0.15) is 22.6 Å². The van der Waals surface area contributed by atoms with Crippen molar-refractivity contribution in [2.75, 3.05) is 51.1 Å². The van der Waals surface area contributed by atoms with E-state index >= 15 is 0 Å². The summed E-state index contributed by atoms with van der Waals surface area (Å²) in [5.41, 5.74) is -1.13. The van der Waals surface area contributed by atoms with Crippen LogP contribution in [0.25, 0.3) is 5.69 Å². The van der Waals surface area contributed by atoms with E-state index in [1.54, 1.807) is 56.7 Å². The second-order valence-electron chi connectivity index (χ2n) is 16.0. The molecular weight excluding hydrogens is 668 g/mol. The topological polar surface area (TPSA) is 167 Å². The van der Waals surface area contributed by atoms with Crippen molar-refractivity contribution in [2.45, 2.75) is 104 Å². The lowest BCUT2D eigenvalue weighted by Crippen LogP contribution is -2.60. The number of amides is 5. The Labute approximate surface area is 306 Å². The van der Waals surface area contributed by atoms with Crippen LogP contribution < -0.4 is 21.6 Å². The first-order chi connectivity index (χ1) is 24.3. The number of piperazine rings is 1. The molecule has 0 spiro atoms. The van der Waals surface area contributed by atoms with Crippen molar-refractivity contribution in [1.29, 1.82) is 0 Å². The fourth-order valence-electron chi connectivity index (χ4n) is 6.09. The fourth-order valence-corrected chi connectivity index (χ4v) is 6.09. The quantitative estimate of drug-likeness (QED) is 0.363. The number of alkyl carbamates (subject to hydrolysis) is 2. The van der Waals surface area contributed by atoms with Gasteiger partial charge in [-0.25, -0.2) is 19.2 Å². The van der Waals surface area contributed by atoms with E-state index in [2.05, 4.69) is 25.8 Å². The second kappa shape index (κ2) is 16.8. The lowest BCUT2D eigenvalue weighted by Gasteiger charge is -2.38. The van der Waals surface area contributed by atoms with Gasteiger partial charge in [-0.15, -0.1) is 0 Å². The Kier molecular flexibility index (Phi) is 12.9. The molecule has 1 aromatic carbocycles. The summed E-state index contributed by atoms with van der Waals surface area (Å²) in [6, 6.07) is 9.01. The van der Waals surface area contributed by atoms with Crippen LogP contribution in [-0.2, 0) is 20.7 Å². The number of anilines is 1. The van der Waals surface area contributed by atoms with Crippen molar-refractivity contribution in [2.24, 2.45) is 0 Å². The Morgan fingerprint density at radius 1 is 0.788 bits per heavy atom. The summed E-state index contributed by atoms with van der Waals surface area (Å²) in [5.74, 6) is -0.150. The lowest BCUT2D eigenvalue weighted by molar-refractivity contribution is -0.138. The second-order valence-corrected chi connectivity index (χ2v) is 16.0. The zero-order valence-corrected chi connectivity index (χ0v) is 31.9. The van der Waals surface area contributed by atoms with Crippen molar-refractivity contribution >= 4 is 29.9 Å². The van der Waals surface area contributed by atoms with Gasteiger partial charge in [0.2, 0.25) is 5.91 Å². The molecule has 3 N–H and O–H groups in total. The number of rotatable bonds is 8. The Morgan fingerprint density at radius 3 is 2.02 bits per heavy atom. The van der Waals surface area contributed by atoms with Gasteiger partial charge >= 0.3 is 23.9 Å². The van der Waals surface area contributed by atoms with Crippen LogP contribution in [0.5, 0.6) is 0 Å². The highest BCUT2D eigenvalue weighted by Crippen LogP contribution is 2.17. The van der Waals surface area contributed by atoms with Gasteiger partial charge in [-0.3, -0.25) is 14.7 Å². The molecule has 0 aliphatic carbocycles. The van der Waals surface area contributed by atoms with Crippen molar-refractivity contribution < 1.29 is 28.7 Å². The van der Waals surface area contributed by atoms with E-state index in [1.165, 1.54) is 4.57 Å². The predicted octanol–water partition coefficient (Wildman–Crippen LogP) is 4.13. The van der Waals surface area contributed by atoms with Crippen LogP contribution in [-0.4, -0.2) is 117 Å². The molecule has 3 heterocycles. The summed E-state index contributed by atoms with van der Waals surface area (Å²) in [6.07, 6.45) is 4.18. The molecule has 5 amide bonds. The summed E-state index contributed by atoms with van der Waals surface area (Å²) >= 11 is 0. The number of aromatic nitrogens is 2. The van der Waals surface area contributed by atoms with Gasteiger partial charge in [0.25, 0.3) is 0 Å². The third-order valence-electron chi connectivity index (χ3n) is 8.71. The third-order valence-corrected chi connectivity index (χ3v) is 8.71. The number of nitrogens with one attached hydrogen (secondary N) is 3. The normalized spacial score (nSPS) is 17.5. The number of likely N-dealkylation sites (tertiary alicyclic amines) is 1. The molecule has 0 radical (unpaired) electrons. The van der Waals surface area contributed by atoms with E-state index in [-0.39, 0.29) is 50.0 Å². The van der Waals surface area contributed by atoms with Crippen LogP contribution in [0.4, 0.5) is 20.2 Å². The molecule has 2 fully saturated rings. The standard InChI is InChI=1S/C37H56N8O7/c1-35(2,3)51-33(49)38-27-10-9-18-42(20-16-27)19-15-26-11-13-28(14-12-26)45-21-17-29(40-32(45)48)39-31(47)44-24-22-43(23-25-44)30(46)37(7,8)41-34(50)52-36(4,5)6/h11-14,17,21,27H,9-10,15-16,18-20,22-25H2,1-8H3,(H,38,49)(H,41,50)(H,39,40,47,48). The van der Waals surface area contributed by atoms with Gasteiger partial charge in [-0.1, -0.05) is 12.1 Å². The Bertz CT molecular complexity index is 1620. The SMILES string of the molecule is CC(C)(C)OC(=O)NC1CCCN(CCc2ccc(-n3ccc(NC(=O)N4CCN(C(=O)C(C)(C)NC(=O)OC(C)(C)C)CC4)nc3=O)cc2)CC1. The zero-order valence-electron chi connectivity index (χ0n) is 31.9. The zero-order chi connectivity index (χ0) is 38.3. The minimum absolute atomic E-state index is 0.105. The number of carbonyl (C=O) groups excluding carboxylic acids is 4. The Balaban J connectivity index is 1.22. The maximum absolute atomic E-state index is 13.1. The van der Waals surface area contributed by atoms with Crippen LogP contribution in [0.2, 0.25) is 0 Å². The van der Waals surface area contributed by atoms with E-state index in [1.807, 2.05) is 45.0 Å². The molecule has 2 aliphatic heterocycles. The molecule has 52 heavy (non-hydrogen) atoms. The molecular formula is C37H56N8O7. The van der Waals surface area contributed by atoms with Gasteiger partial charge < -0.3 is 34.8 Å². The molecule has 1 aromatic heterocycles. The number of urea groups is 1. The monoisotopic (exact) mass is 724 g/mol. The molecule has 15 heteroatoms. The van der Waals surface area contributed by atoms with Gasteiger partial charge in [0.15, 0.2) is 0 Å². The summed E-state index contributed by atoms with van der Waals surface area (Å²) in [7, 11) is 0. The minimum atomic E-state index is -1.19. The number of nitrogens with zero attached hydrogens (tertiary/aromatic N) is 5. The smallest absolute Gasteiger partial charge is 0.408 e. The van der Waals surface area contributed by atoms with E-state index in [9.17, 15) is 24.0 Å². The molecule has 2 aromatic rings. The minimum Gasteiger partial charge on any atom is -0.444 e. The molecule has 286 valence electrons. The number of ether oxygens (including phenoxy) is 2. The van der Waals surface area contributed by atoms with Crippen LogP contribution in [0, 0.1) is 0 Å². The molecule has 4 rings (SSSR count). The first kappa shape index (κ1) is 40.1. The predicted molar refractivity (Wildman–Crippen MR) is 198 cm³/mol. The van der Waals surface area contributed by atoms with Gasteiger partial charge in [0.05, 0.1) is 5.69 Å². The number of hydrogen-bond donors (Lipinski definition) is 3. The van der Waals surface area contributed by atoms with Crippen LogP contribution >= 0.6 is 0 Å². The highest BCUT2D eigenvalue weighted by atomic mass is 16.6. The average Bonchev–Trinajstić information content (AvgIpc) is 3.26. The third kappa shape index (κ3) is 12.2. The van der Waals surface area contributed by atoms with E-state index < -0.39 is 34.6 Å². The largest absolute Gasteiger partial charge is 0.444 e. The van der Waals surface area contributed by atoms with Crippen molar-refractivity contribution in [1.82, 2.24) is 34.9 Å². The van der Waals surface area contributed by atoms with E-state index in [0.29, 0.717) is 5.69 Å². The van der Waals surface area contributed by atoms with Crippen molar-refractivity contribution in [3.05, 3.63) is 52.6 Å². The molecule has 2 saturated heterocycles. The first-order valence-corrected chi connectivity index (χ1v) is 18.1. The molecule has 0 saturated carbocycles. The maximum Gasteiger partial charge on any atom is 0.408 e. The summed E-state index contributed by atoms with van der Waals surface area (Å²) in [6.45, 7) is 17.9. The molecule has 1 atom stereocenters. The molecule has 2 aliphatic rings. The summed E-state index contributed by atoms with van der Waals surface area (Å²) < 4.78 is 12.1. The van der Waals surface area contributed by atoms with Crippen LogP contribution in [0.1, 0.15) is 80.2 Å².